The van der Waals surface area contributed by atoms with E-state index in [2.05, 4.69) is 26.6 Å². The molecule has 1 aromatic rings. The average Bonchev–Trinajstić information content (AvgIpc) is 2.39. The molecule has 1 aromatic carbocycles. The summed E-state index contributed by atoms with van der Waals surface area (Å²) in [6.07, 6.45) is 0.396. The van der Waals surface area contributed by atoms with Gasteiger partial charge in [0, 0.05) is 10.5 Å². The molecule has 0 aliphatic heterocycles. The minimum atomic E-state index is -0.961. The molecule has 3 N–H and O–H groups in total. The number of rotatable bonds is 5. The van der Waals surface area contributed by atoms with Crippen LogP contribution in [-0.2, 0) is 4.79 Å². The molecule has 106 valence electrons. The number of halogens is 1. The SMILES string of the molecule is CCC(CC(=O)O)NC(=O)Nc1ccc(C#N)cc1Br. The van der Waals surface area contributed by atoms with Crippen molar-refractivity contribution in [1.82, 2.24) is 5.32 Å². The summed E-state index contributed by atoms with van der Waals surface area (Å²) >= 11 is 3.25. The van der Waals surface area contributed by atoms with E-state index in [1.54, 1.807) is 25.1 Å². The number of anilines is 1. The molecule has 0 saturated carbocycles. The molecule has 0 aliphatic rings. The molecule has 1 rings (SSSR count). The van der Waals surface area contributed by atoms with Gasteiger partial charge in [-0.05, 0) is 40.5 Å². The summed E-state index contributed by atoms with van der Waals surface area (Å²) in [6.45, 7) is 1.80. The van der Waals surface area contributed by atoms with Crippen LogP contribution in [0.1, 0.15) is 25.3 Å². The highest BCUT2D eigenvalue weighted by Crippen LogP contribution is 2.23. The van der Waals surface area contributed by atoms with Crippen LogP contribution in [0.4, 0.5) is 10.5 Å². The number of nitrogens with zero attached hydrogens (tertiary/aromatic N) is 1. The maximum atomic E-state index is 11.8. The van der Waals surface area contributed by atoms with Crippen LogP contribution in [0.3, 0.4) is 0 Å². The molecule has 1 unspecified atom stereocenters. The normalized spacial score (nSPS) is 11.2. The molecule has 20 heavy (non-hydrogen) atoms. The number of hydrogen-bond donors (Lipinski definition) is 3. The largest absolute Gasteiger partial charge is 0.481 e. The van der Waals surface area contributed by atoms with Crippen molar-refractivity contribution >= 4 is 33.6 Å². The summed E-state index contributed by atoms with van der Waals surface area (Å²) < 4.78 is 0.581. The first kappa shape index (κ1) is 16.0. The topological polar surface area (TPSA) is 102 Å². The summed E-state index contributed by atoms with van der Waals surface area (Å²) in [7, 11) is 0. The maximum Gasteiger partial charge on any atom is 0.319 e. The molecule has 6 nitrogen and oxygen atoms in total. The predicted octanol–water partition coefficient (Wildman–Crippen LogP) is 2.70. The van der Waals surface area contributed by atoms with Crippen molar-refractivity contribution in [3.8, 4) is 6.07 Å². The summed E-state index contributed by atoms with van der Waals surface area (Å²) in [5.74, 6) is -0.961. The van der Waals surface area contributed by atoms with Crippen LogP contribution in [0.15, 0.2) is 22.7 Å². The van der Waals surface area contributed by atoms with Gasteiger partial charge in [-0.3, -0.25) is 4.79 Å². The first-order chi connectivity index (χ1) is 9.46. The molecule has 0 aliphatic carbocycles. The molecule has 2 amide bonds. The Hall–Kier alpha value is -2.07. The van der Waals surface area contributed by atoms with E-state index in [1.807, 2.05) is 6.07 Å². The van der Waals surface area contributed by atoms with Gasteiger partial charge in [-0.1, -0.05) is 6.92 Å². The highest BCUT2D eigenvalue weighted by molar-refractivity contribution is 9.10. The summed E-state index contributed by atoms with van der Waals surface area (Å²) in [5.41, 5.74) is 0.979. The van der Waals surface area contributed by atoms with Gasteiger partial charge in [-0.25, -0.2) is 4.79 Å². The van der Waals surface area contributed by atoms with Gasteiger partial charge in [0.25, 0.3) is 0 Å². The molecule has 0 fully saturated rings. The highest BCUT2D eigenvalue weighted by Gasteiger charge is 2.14. The Kier molecular flexibility index (Phi) is 6.00. The zero-order chi connectivity index (χ0) is 15.1. The number of carbonyl (C=O) groups is 2. The van der Waals surface area contributed by atoms with E-state index in [0.717, 1.165) is 0 Å². The second-order valence-corrected chi connectivity index (χ2v) is 4.96. The van der Waals surface area contributed by atoms with Gasteiger partial charge >= 0.3 is 12.0 Å². The minimum Gasteiger partial charge on any atom is -0.481 e. The van der Waals surface area contributed by atoms with Crippen LogP contribution in [0, 0.1) is 11.3 Å². The Morgan fingerprint density at radius 3 is 2.70 bits per heavy atom. The number of carboxylic acid groups (broad SMARTS) is 1. The number of hydrogen-bond acceptors (Lipinski definition) is 3. The highest BCUT2D eigenvalue weighted by atomic mass is 79.9. The molecule has 0 bridgehead atoms. The van der Waals surface area contributed by atoms with Crippen LogP contribution < -0.4 is 10.6 Å². The van der Waals surface area contributed by atoms with Gasteiger partial charge < -0.3 is 15.7 Å². The summed E-state index contributed by atoms with van der Waals surface area (Å²) in [6, 6.07) is 5.84. The maximum absolute atomic E-state index is 11.8. The van der Waals surface area contributed by atoms with Crippen LogP contribution >= 0.6 is 15.9 Å². The number of benzene rings is 1. The molecule has 1 atom stereocenters. The van der Waals surface area contributed by atoms with Crippen LogP contribution in [-0.4, -0.2) is 23.1 Å². The zero-order valence-electron chi connectivity index (χ0n) is 10.8. The quantitative estimate of drug-likeness (QED) is 0.767. The fourth-order valence-corrected chi connectivity index (χ4v) is 2.02. The molecular weight excluding hydrogens is 326 g/mol. The lowest BCUT2D eigenvalue weighted by Crippen LogP contribution is -2.38. The van der Waals surface area contributed by atoms with Crippen LogP contribution in [0.25, 0.3) is 0 Å². The average molecular weight is 340 g/mol. The lowest BCUT2D eigenvalue weighted by molar-refractivity contribution is -0.137. The number of nitrogens with one attached hydrogen (secondary N) is 2. The van der Waals surface area contributed by atoms with Crippen molar-refractivity contribution in [1.29, 1.82) is 5.26 Å². The number of nitriles is 1. The molecule has 0 radical (unpaired) electrons. The fraction of sp³-hybridized carbons (Fsp3) is 0.308. The van der Waals surface area contributed by atoms with Crippen LogP contribution in [0.2, 0.25) is 0 Å². The predicted molar refractivity (Wildman–Crippen MR) is 77.3 cm³/mol. The third-order valence-corrected chi connectivity index (χ3v) is 3.25. The number of carboxylic acids is 1. The number of carbonyl (C=O) groups excluding carboxylic acids is 1. The van der Waals surface area contributed by atoms with Gasteiger partial charge in [0.15, 0.2) is 0 Å². The van der Waals surface area contributed by atoms with E-state index in [4.69, 9.17) is 10.4 Å². The monoisotopic (exact) mass is 339 g/mol. The van der Waals surface area contributed by atoms with E-state index >= 15 is 0 Å². The van der Waals surface area contributed by atoms with Gasteiger partial charge in [-0.15, -0.1) is 0 Å². The van der Waals surface area contributed by atoms with Crippen molar-refractivity contribution in [2.45, 2.75) is 25.8 Å². The lowest BCUT2D eigenvalue weighted by Gasteiger charge is -2.16. The smallest absolute Gasteiger partial charge is 0.319 e. The lowest BCUT2D eigenvalue weighted by atomic mass is 10.1. The third-order valence-electron chi connectivity index (χ3n) is 2.60. The number of urea groups is 1. The Bertz CT molecular complexity index is 554. The second-order valence-electron chi connectivity index (χ2n) is 4.11. The molecule has 0 aromatic heterocycles. The fourth-order valence-electron chi connectivity index (χ4n) is 1.54. The minimum absolute atomic E-state index is 0.127. The Morgan fingerprint density at radius 2 is 2.20 bits per heavy atom. The molecule has 0 spiro atoms. The van der Waals surface area contributed by atoms with E-state index in [1.165, 1.54) is 0 Å². The third kappa shape index (κ3) is 4.90. The first-order valence-electron chi connectivity index (χ1n) is 5.95. The standard InChI is InChI=1S/C13H14BrN3O3/c1-2-9(6-12(18)19)16-13(20)17-11-4-3-8(7-15)5-10(11)14/h3-5,9H,2,6H2,1H3,(H,18,19)(H2,16,17,20). The Balaban J connectivity index is 2.66. The van der Waals surface area contributed by atoms with E-state index in [-0.39, 0.29) is 6.42 Å². The first-order valence-corrected chi connectivity index (χ1v) is 6.74. The van der Waals surface area contributed by atoms with Crippen molar-refractivity contribution < 1.29 is 14.7 Å². The van der Waals surface area contributed by atoms with E-state index in [0.29, 0.717) is 22.1 Å². The number of amides is 2. The van der Waals surface area contributed by atoms with Gasteiger partial charge in [0.2, 0.25) is 0 Å². The van der Waals surface area contributed by atoms with Crippen molar-refractivity contribution in [3.05, 3.63) is 28.2 Å². The second kappa shape index (κ2) is 7.50. The van der Waals surface area contributed by atoms with Crippen molar-refractivity contribution in [3.63, 3.8) is 0 Å². The van der Waals surface area contributed by atoms with Gasteiger partial charge in [0.05, 0.1) is 23.7 Å². The van der Waals surface area contributed by atoms with Crippen molar-refractivity contribution in [2.24, 2.45) is 0 Å². The molecular formula is C13H14BrN3O3. The summed E-state index contributed by atoms with van der Waals surface area (Å²) in [5, 5.41) is 22.6. The van der Waals surface area contributed by atoms with E-state index < -0.39 is 18.0 Å². The number of aliphatic carboxylic acids is 1. The van der Waals surface area contributed by atoms with Crippen LogP contribution in [0.5, 0.6) is 0 Å². The van der Waals surface area contributed by atoms with Crippen molar-refractivity contribution in [2.75, 3.05) is 5.32 Å². The van der Waals surface area contributed by atoms with Gasteiger partial charge in [0.1, 0.15) is 0 Å². The molecule has 0 saturated heterocycles. The summed E-state index contributed by atoms with van der Waals surface area (Å²) in [4.78, 5) is 22.4. The van der Waals surface area contributed by atoms with E-state index in [9.17, 15) is 9.59 Å². The molecule has 0 heterocycles. The Labute approximate surface area is 124 Å². The zero-order valence-corrected chi connectivity index (χ0v) is 12.4. The molecule has 7 heteroatoms. The van der Waals surface area contributed by atoms with Gasteiger partial charge in [-0.2, -0.15) is 5.26 Å². The Morgan fingerprint density at radius 1 is 1.50 bits per heavy atom.